The molecule has 0 amide bonds. The van der Waals surface area contributed by atoms with Crippen molar-refractivity contribution in [2.24, 2.45) is 0 Å². The van der Waals surface area contributed by atoms with E-state index >= 15 is 0 Å². The van der Waals surface area contributed by atoms with Crippen molar-refractivity contribution in [2.75, 3.05) is 0 Å². The predicted octanol–water partition coefficient (Wildman–Crippen LogP) is 1.84. The molecule has 0 bridgehead atoms. The normalized spacial score (nSPS) is 13.5. The SMILES string of the molecule is FOC(F)(F)OOC(F)(F)OF. The first-order valence-corrected chi connectivity index (χ1v) is 2.05. The molecule has 4 nitrogen and oxygen atoms in total. The van der Waals surface area contributed by atoms with Gasteiger partial charge in [0.25, 0.3) is 0 Å². The number of hydrogen-bond acceptors (Lipinski definition) is 4. The van der Waals surface area contributed by atoms with E-state index in [0.717, 1.165) is 0 Å². The Morgan fingerprint density at radius 3 is 1.08 bits per heavy atom. The average Bonchev–Trinajstić information content (AvgIpc) is 2.02. The van der Waals surface area contributed by atoms with Crippen molar-refractivity contribution >= 4 is 0 Å². The zero-order valence-corrected chi connectivity index (χ0v) is 4.90. The highest BCUT2D eigenvalue weighted by molar-refractivity contribution is 4.21. The fourth-order valence-electron chi connectivity index (χ4n) is 0.123. The molecule has 0 radical (unpaired) electrons. The van der Waals surface area contributed by atoms with Gasteiger partial charge in [-0.05, 0) is 9.05 Å². The lowest BCUT2D eigenvalue weighted by atomic mass is 11.3. The quantitative estimate of drug-likeness (QED) is 0.295. The second-order valence-corrected chi connectivity index (χ2v) is 1.25. The van der Waals surface area contributed by atoms with Gasteiger partial charge in [0.15, 0.2) is 0 Å². The average molecular weight is 202 g/mol. The summed E-state index contributed by atoms with van der Waals surface area (Å²) in [5.74, 6) is 0. The Kier molecular flexibility index (Phi) is 3.70. The lowest BCUT2D eigenvalue weighted by Crippen LogP contribution is -2.29. The van der Waals surface area contributed by atoms with Gasteiger partial charge in [-0.1, -0.05) is 9.88 Å². The molecule has 0 aromatic carbocycles. The van der Waals surface area contributed by atoms with E-state index in [9.17, 15) is 26.6 Å². The number of alkyl halides is 4. The van der Waals surface area contributed by atoms with Gasteiger partial charge in [-0.15, -0.1) is 27.3 Å². The summed E-state index contributed by atoms with van der Waals surface area (Å²) in [5, 5.41) is 0. The summed E-state index contributed by atoms with van der Waals surface area (Å²) in [6.45, 7) is 0. The Balaban J connectivity index is 3.82. The molecular weight excluding hydrogens is 202 g/mol. The highest BCUT2D eigenvalue weighted by atomic mass is 19.4. The van der Waals surface area contributed by atoms with E-state index in [2.05, 4.69) is 9.78 Å². The number of rotatable bonds is 5. The zero-order chi connectivity index (χ0) is 9.83. The summed E-state index contributed by atoms with van der Waals surface area (Å²) in [4.78, 5) is 7.95. The van der Waals surface area contributed by atoms with E-state index in [1.165, 1.54) is 0 Å². The lowest BCUT2D eigenvalue weighted by Gasteiger charge is -2.12. The standard InChI is InChI=1S/C2F6O4/c3-1(4,9-7)11-12-2(5,6)10-8. The minimum absolute atomic E-state index is 1.69. The van der Waals surface area contributed by atoms with Crippen molar-refractivity contribution in [3.05, 3.63) is 0 Å². The monoisotopic (exact) mass is 202 g/mol. The molecule has 0 saturated heterocycles. The van der Waals surface area contributed by atoms with E-state index in [4.69, 9.17) is 0 Å². The van der Waals surface area contributed by atoms with Gasteiger partial charge in [0.1, 0.15) is 0 Å². The maximum absolute atomic E-state index is 11.4. The summed E-state index contributed by atoms with van der Waals surface area (Å²) in [6, 6.07) is 0. The molecule has 12 heavy (non-hydrogen) atoms. The van der Waals surface area contributed by atoms with E-state index in [-0.39, 0.29) is 0 Å². The van der Waals surface area contributed by atoms with Crippen LogP contribution in [0.3, 0.4) is 0 Å². The highest BCUT2D eigenvalue weighted by Gasteiger charge is 2.44. The number of halogens is 6. The molecule has 0 unspecified atom stereocenters. The fraction of sp³-hybridized carbons (Fsp3) is 1.00. The molecule has 0 atom stereocenters. The van der Waals surface area contributed by atoms with Crippen LogP contribution in [0.25, 0.3) is 0 Å². The summed E-state index contributed by atoms with van der Waals surface area (Å²) < 4.78 is 66.7. The summed E-state index contributed by atoms with van der Waals surface area (Å²) in [5.41, 5.74) is 0. The first kappa shape index (κ1) is 11.4. The Labute approximate surface area is 60.3 Å². The van der Waals surface area contributed by atoms with Crippen molar-refractivity contribution in [1.82, 2.24) is 0 Å². The van der Waals surface area contributed by atoms with E-state index in [1.54, 1.807) is 9.88 Å². The van der Waals surface area contributed by atoms with Crippen LogP contribution in [0.5, 0.6) is 0 Å². The minimum Gasteiger partial charge on any atom is -0.144 e. The molecule has 0 aromatic heterocycles. The molecule has 0 spiro atoms. The van der Waals surface area contributed by atoms with Crippen molar-refractivity contribution in [3.63, 3.8) is 0 Å². The van der Waals surface area contributed by atoms with E-state index in [1.807, 2.05) is 0 Å². The van der Waals surface area contributed by atoms with Crippen molar-refractivity contribution in [3.8, 4) is 0 Å². The summed E-state index contributed by atoms with van der Waals surface area (Å²) in [7, 11) is 0. The summed E-state index contributed by atoms with van der Waals surface area (Å²) >= 11 is 0. The summed E-state index contributed by atoms with van der Waals surface area (Å²) in [6.07, 6.45) is -10.1. The van der Waals surface area contributed by atoms with Crippen LogP contribution in [0.1, 0.15) is 0 Å². The molecule has 0 aliphatic carbocycles. The molecule has 74 valence electrons. The predicted molar refractivity (Wildman–Crippen MR) is 16.5 cm³/mol. The Morgan fingerprint density at radius 2 is 0.917 bits per heavy atom. The van der Waals surface area contributed by atoms with Crippen LogP contribution in [-0.2, 0) is 19.7 Å². The fourth-order valence-corrected chi connectivity index (χ4v) is 0.123. The first-order chi connectivity index (χ1) is 5.33. The van der Waals surface area contributed by atoms with Gasteiger partial charge in [-0.3, -0.25) is 0 Å². The Bertz CT molecular complexity index is 122. The molecule has 0 rings (SSSR count). The van der Waals surface area contributed by atoms with Gasteiger partial charge in [-0.25, -0.2) is 0 Å². The molecular formula is C2F6O4. The van der Waals surface area contributed by atoms with Crippen LogP contribution < -0.4 is 0 Å². The molecule has 0 aliphatic rings. The van der Waals surface area contributed by atoms with Gasteiger partial charge < -0.3 is 0 Å². The molecule has 0 aromatic rings. The van der Waals surface area contributed by atoms with Crippen molar-refractivity contribution in [1.29, 1.82) is 0 Å². The minimum atomic E-state index is -5.07. The molecule has 0 aliphatic heterocycles. The third-order valence-electron chi connectivity index (χ3n) is 0.415. The molecule has 0 N–H and O–H groups in total. The smallest absolute Gasteiger partial charge is 0.144 e. The van der Waals surface area contributed by atoms with Gasteiger partial charge >= 0.3 is 12.6 Å². The van der Waals surface area contributed by atoms with Gasteiger partial charge in [0.05, 0.1) is 0 Å². The first-order valence-electron chi connectivity index (χ1n) is 2.05. The van der Waals surface area contributed by atoms with Crippen molar-refractivity contribution in [2.45, 2.75) is 12.6 Å². The highest BCUT2D eigenvalue weighted by Crippen LogP contribution is 2.24. The van der Waals surface area contributed by atoms with Gasteiger partial charge in [-0.2, -0.15) is 0 Å². The molecule has 10 heteroatoms. The molecule has 0 saturated carbocycles. The maximum Gasteiger partial charge on any atom is 0.543 e. The molecule has 0 heterocycles. The lowest BCUT2D eigenvalue weighted by molar-refractivity contribution is -0.643. The van der Waals surface area contributed by atoms with Crippen LogP contribution in [-0.4, -0.2) is 12.6 Å². The second-order valence-electron chi connectivity index (χ2n) is 1.25. The Morgan fingerprint density at radius 1 is 0.667 bits per heavy atom. The third-order valence-corrected chi connectivity index (χ3v) is 0.415. The number of hydrogen-bond donors (Lipinski definition) is 0. The third kappa shape index (κ3) is 4.33. The van der Waals surface area contributed by atoms with E-state index in [0.29, 0.717) is 0 Å². The van der Waals surface area contributed by atoms with Gasteiger partial charge in [0, 0.05) is 0 Å². The van der Waals surface area contributed by atoms with Crippen LogP contribution in [0.4, 0.5) is 26.6 Å². The van der Waals surface area contributed by atoms with Crippen LogP contribution in [0, 0.1) is 0 Å². The van der Waals surface area contributed by atoms with Crippen LogP contribution in [0.2, 0.25) is 0 Å². The van der Waals surface area contributed by atoms with Crippen LogP contribution in [0.15, 0.2) is 0 Å². The Hall–Kier alpha value is -0.580. The zero-order valence-electron chi connectivity index (χ0n) is 4.90. The van der Waals surface area contributed by atoms with E-state index < -0.39 is 12.6 Å². The van der Waals surface area contributed by atoms with Crippen molar-refractivity contribution < 1.29 is 46.3 Å². The van der Waals surface area contributed by atoms with Crippen LogP contribution >= 0.6 is 0 Å². The van der Waals surface area contributed by atoms with Gasteiger partial charge in [0.2, 0.25) is 0 Å². The molecule has 0 fully saturated rings. The maximum atomic E-state index is 11.4. The largest absolute Gasteiger partial charge is 0.543 e. The second kappa shape index (κ2) is 3.89. The topological polar surface area (TPSA) is 36.9 Å².